The van der Waals surface area contributed by atoms with Gasteiger partial charge in [-0.05, 0) is 33.6 Å². The van der Waals surface area contributed by atoms with Crippen LogP contribution in [0.25, 0.3) is 0 Å². The van der Waals surface area contributed by atoms with Crippen LogP contribution in [0, 0.1) is 0 Å². The number of hydrogen-bond donors (Lipinski definition) is 3. The van der Waals surface area contributed by atoms with E-state index in [0.717, 1.165) is 0 Å². The van der Waals surface area contributed by atoms with Crippen LogP contribution in [0.15, 0.2) is 16.6 Å². The molecule has 0 aliphatic carbocycles. The van der Waals surface area contributed by atoms with Crippen LogP contribution in [0.2, 0.25) is 0 Å². The molecule has 0 spiro atoms. The van der Waals surface area contributed by atoms with Crippen molar-refractivity contribution < 1.29 is 19.7 Å². The lowest BCUT2D eigenvalue weighted by molar-refractivity contribution is 0.109. The molecule has 6 heteroatoms. The van der Waals surface area contributed by atoms with E-state index in [2.05, 4.69) is 15.9 Å². The lowest BCUT2D eigenvalue weighted by atomic mass is 10.0. The second-order valence-corrected chi connectivity index (χ2v) is 4.38. The molecule has 5 nitrogen and oxygen atoms in total. The Bertz CT molecular complexity index is 399. The van der Waals surface area contributed by atoms with Crippen molar-refractivity contribution in [3.05, 3.63) is 22.2 Å². The van der Waals surface area contributed by atoms with Crippen molar-refractivity contribution in [1.29, 1.82) is 0 Å². The molecule has 2 atom stereocenters. The minimum Gasteiger partial charge on any atom is -0.454 e. The molecule has 1 aromatic rings. The maximum Gasteiger partial charge on any atom is 0.231 e. The lowest BCUT2D eigenvalue weighted by Crippen LogP contribution is -2.31. The predicted octanol–water partition coefficient (Wildman–Crippen LogP) is 0.531. The van der Waals surface area contributed by atoms with Gasteiger partial charge in [-0.25, -0.2) is 0 Å². The Kier molecular flexibility index (Phi) is 3.34. The van der Waals surface area contributed by atoms with Crippen LogP contribution in [0.3, 0.4) is 0 Å². The zero-order valence-electron chi connectivity index (χ0n) is 8.39. The first-order chi connectivity index (χ1) is 7.63. The first kappa shape index (κ1) is 11.7. The number of hydrogen-bond acceptors (Lipinski definition) is 5. The van der Waals surface area contributed by atoms with Gasteiger partial charge in [0.25, 0.3) is 0 Å². The van der Waals surface area contributed by atoms with Crippen molar-refractivity contribution in [3.63, 3.8) is 0 Å². The van der Waals surface area contributed by atoms with Gasteiger partial charge in [0.1, 0.15) is 0 Å². The fourth-order valence-corrected chi connectivity index (χ4v) is 2.08. The molecule has 0 amide bonds. The summed E-state index contributed by atoms with van der Waals surface area (Å²) in [6, 6.07) is 2.65. The molecule has 2 unspecified atom stereocenters. The van der Waals surface area contributed by atoms with E-state index in [0.29, 0.717) is 21.5 Å². The molecule has 0 radical (unpaired) electrons. The maximum atomic E-state index is 9.84. The molecule has 0 aromatic heterocycles. The predicted molar refractivity (Wildman–Crippen MR) is 60.3 cm³/mol. The van der Waals surface area contributed by atoms with E-state index in [1.165, 1.54) is 0 Å². The largest absolute Gasteiger partial charge is 0.454 e. The SMILES string of the molecule is NC(CO)C(O)c1cc(Br)c2c(c1)OCO2. The quantitative estimate of drug-likeness (QED) is 0.756. The van der Waals surface area contributed by atoms with Gasteiger partial charge in [0.2, 0.25) is 6.79 Å². The van der Waals surface area contributed by atoms with Crippen LogP contribution >= 0.6 is 15.9 Å². The van der Waals surface area contributed by atoms with Crippen LogP contribution in [-0.2, 0) is 0 Å². The maximum absolute atomic E-state index is 9.84. The van der Waals surface area contributed by atoms with E-state index >= 15 is 0 Å². The third kappa shape index (κ3) is 2.01. The van der Waals surface area contributed by atoms with Crippen molar-refractivity contribution in [2.45, 2.75) is 12.1 Å². The molecule has 0 fully saturated rings. The van der Waals surface area contributed by atoms with Gasteiger partial charge in [-0.1, -0.05) is 0 Å². The number of aliphatic hydroxyl groups is 2. The summed E-state index contributed by atoms with van der Waals surface area (Å²) in [4.78, 5) is 0. The standard InChI is InChI=1S/C10H12BrNO4/c11-6-1-5(9(14)7(12)3-13)2-8-10(6)16-4-15-8/h1-2,7,9,13-14H,3-4,12H2. The molecule has 1 aliphatic rings. The summed E-state index contributed by atoms with van der Waals surface area (Å²) in [5.74, 6) is 1.18. The molecule has 88 valence electrons. The number of aliphatic hydroxyl groups excluding tert-OH is 2. The highest BCUT2D eigenvalue weighted by atomic mass is 79.9. The summed E-state index contributed by atoms with van der Waals surface area (Å²) in [5.41, 5.74) is 6.14. The molecular weight excluding hydrogens is 278 g/mol. The van der Waals surface area contributed by atoms with Gasteiger partial charge >= 0.3 is 0 Å². The molecule has 0 saturated heterocycles. The monoisotopic (exact) mass is 289 g/mol. The molecule has 0 saturated carbocycles. The van der Waals surface area contributed by atoms with Crippen molar-refractivity contribution in [2.75, 3.05) is 13.4 Å². The number of rotatable bonds is 3. The van der Waals surface area contributed by atoms with E-state index in [9.17, 15) is 5.11 Å². The smallest absolute Gasteiger partial charge is 0.231 e. The normalized spacial score (nSPS) is 17.2. The summed E-state index contributed by atoms with van der Waals surface area (Å²) in [6.45, 7) is -0.118. The van der Waals surface area contributed by atoms with Crippen LogP contribution in [0.4, 0.5) is 0 Å². The Labute approximate surface area is 101 Å². The van der Waals surface area contributed by atoms with Gasteiger partial charge < -0.3 is 25.4 Å². The highest BCUT2D eigenvalue weighted by molar-refractivity contribution is 9.10. The van der Waals surface area contributed by atoms with E-state index in [4.69, 9.17) is 20.3 Å². The zero-order chi connectivity index (χ0) is 11.7. The Balaban J connectivity index is 2.33. The molecule has 4 N–H and O–H groups in total. The molecule has 1 heterocycles. The molecule has 0 bridgehead atoms. The lowest BCUT2D eigenvalue weighted by Gasteiger charge is -2.17. The minimum atomic E-state index is -0.934. The second kappa shape index (κ2) is 4.58. The fourth-order valence-electron chi connectivity index (χ4n) is 1.51. The van der Waals surface area contributed by atoms with E-state index in [1.807, 2.05) is 0 Å². The Morgan fingerprint density at radius 3 is 2.88 bits per heavy atom. The molecule has 2 rings (SSSR count). The summed E-state index contributed by atoms with van der Waals surface area (Å²) < 4.78 is 11.1. The molecule has 1 aromatic carbocycles. The third-order valence-corrected chi connectivity index (χ3v) is 3.00. The Morgan fingerprint density at radius 2 is 2.19 bits per heavy atom. The van der Waals surface area contributed by atoms with E-state index in [-0.39, 0.29) is 13.4 Å². The van der Waals surface area contributed by atoms with Gasteiger partial charge in [-0.3, -0.25) is 0 Å². The molecular formula is C10H12BrNO4. The van der Waals surface area contributed by atoms with Crippen molar-refractivity contribution in [1.82, 2.24) is 0 Å². The third-order valence-electron chi connectivity index (χ3n) is 2.41. The van der Waals surface area contributed by atoms with Crippen LogP contribution in [0.1, 0.15) is 11.7 Å². The minimum absolute atomic E-state index is 0.166. The van der Waals surface area contributed by atoms with Crippen molar-refractivity contribution >= 4 is 15.9 Å². The van der Waals surface area contributed by atoms with Crippen molar-refractivity contribution in [2.24, 2.45) is 5.73 Å². The average molecular weight is 290 g/mol. The highest BCUT2D eigenvalue weighted by Gasteiger charge is 2.23. The first-order valence-electron chi connectivity index (χ1n) is 4.77. The van der Waals surface area contributed by atoms with Gasteiger partial charge in [0.15, 0.2) is 11.5 Å². The van der Waals surface area contributed by atoms with Crippen LogP contribution in [0.5, 0.6) is 11.5 Å². The van der Waals surface area contributed by atoms with Crippen LogP contribution in [-0.4, -0.2) is 29.7 Å². The summed E-state index contributed by atoms with van der Waals surface area (Å²) in [6.07, 6.45) is -0.934. The number of fused-ring (bicyclic) bond motifs is 1. The molecule has 1 aliphatic heterocycles. The number of ether oxygens (including phenoxy) is 2. The van der Waals surface area contributed by atoms with Gasteiger partial charge in [0.05, 0.1) is 23.2 Å². The number of benzene rings is 1. The summed E-state index contributed by atoms with van der Waals surface area (Å²) in [7, 11) is 0. The van der Waals surface area contributed by atoms with Gasteiger partial charge in [-0.2, -0.15) is 0 Å². The van der Waals surface area contributed by atoms with Gasteiger partial charge in [-0.15, -0.1) is 0 Å². The number of halogens is 1. The first-order valence-corrected chi connectivity index (χ1v) is 5.56. The Hall–Kier alpha value is -0.820. The average Bonchev–Trinajstić information content (AvgIpc) is 2.75. The summed E-state index contributed by atoms with van der Waals surface area (Å²) >= 11 is 3.32. The zero-order valence-corrected chi connectivity index (χ0v) is 9.98. The highest BCUT2D eigenvalue weighted by Crippen LogP contribution is 2.41. The number of nitrogens with two attached hydrogens (primary N) is 1. The van der Waals surface area contributed by atoms with Crippen LogP contribution < -0.4 is 15.2 Å². The molecule has 16 heavy (non-hydrogen) atoms. The topological polar surface area (TPSA) is 84.9 Å². The second-order valence-electron chi connectivity index (χ2n) is 3.53. The van der Waals surface area contributed by atoms with Gasteiger partial charge in [0, 0.05) is 0 Å². The van der Waals surface area contributed by atoms with E-state index < -0.39 is 12.1 Å². The summed E-state index contributed by atoms with van der Waals surface area (Å²) in [5, 5.41) is 18.7. The Morgan fingerprint density at radius 1 is 1.44 bits per heavy atom. The fraction of sp³-hybridized carbons (Fsp3) is 0.400. The van der Waals surface area contributed by atoms with Crippen molar-refractivity contribution in [3.8, 4) is 11.5 Å². The van der Waals surface area contributed by atoms with E-state index in [1.54, 1.807) is 12.1 Å².